The van der Waals surface area contributed by atoms with Gasteiger partial charge in [-0.3, -0.25) is 4.98 Å². The van der Waals surface area contributed by atoms with Crippen molar-refractivity contribution in [1.29, 1.82) is 0 Å². The Morgan fingerprint density at radius 1 is 1.26 bits per heavy atom. The molecule has 0 bridgehead atoms. The zero-order chi connectivity index (χ0) is 13.8. The lowest BCUT2D eigenvalue weighted by Gasteiger charge is -2.07. The van der Waals surface area contributed by atoms with Crippen LogP contribution in [0.3, 0.4) is 0 Å². The fourth-order valence-corrected chi connectivity index (χ4v) is 1.69. The summed E-state index contributed by atoms with van der Waals surface area (Å²) in [5.74, 6) is -0.812. The van der Waals surface area contributed by atoms with E-state index in [0.29, 0.717) is 11.3 Å². The van der Waals surface area contributed by atoms with E-state index in [0.717, 1.165) is 0 Å². The second-order valence-corrected chi connectivity index (χ2v) is 4.20. The van der Waals surface area contributed by atoms with E-state index >= 15 is 0 Å². The van der Waals surface area contributed by atoms with E-state index < -0.39 is 5.82 Å². The Kier molecular flexibility index (Phi) is 4.13. The molecule has 0 radical (unpaired) electrons. The number of nitrogens with zero attached hydrogens (tertiary/aromatic N) is 2. The van der Waals surface area contributed by atoms with Gasteiger partial charge in [0, 0.05) is 30.9 Å². The Balaban J connectivity index is 1.98. The van der Waals surface area contributed by atoms with Crippen LogP contribution in [0, 0.1) is 5.82 Å². The Morgan fingerprint density at radius 2 is 2.05 bits per heavy atom. The van der Waals surface area contributed by atoms with Crippen LogP contribution in [0.5, 0.6) is 11.5 Å². The molecule has 5 nitrogen and oxygen atoms in total. The van der Waals surface area contributed by atoms with E-state index in [9.17, 15) is 9.50 Å². The first-order valence-electron chi connectivity index (χ1n) is 5.44. The quantitative estimate of drug-likeness (QED) is 0.748. The van der Waals surface area contributed by atoms with Gasteiger partial charge in [0.25, 0.3) is 0 Å². The fraction of sp³-hybridized carbons (Fsp3) is 0.167. The normalized spacial score (nSPS) is 10.6. The molecule has 0 aliphatic heterocycles. The maximum Gasteiger partial charge on any atom is 0.165 e. The largest absolute Gasteiger partial charge is 0.506 e. The molecular weight excluding hydrogens is 273 g/mol. The fourth-order valence-electron chi connectivity index (χ4n) is 1.51. The van der Waals surface area contributed by atoms with Crippen molar-refractivity contribution in [2.75, 3.05) is 0 Å². The molecule has 0 amide bonds. The van der Waals surface area contributed by atoms with Crippen molar-refractivity contribution in [2.24, 2.45) is 0 Å². The van der Waals surface area contributed by atoms with Gasteiger partial charge in [-0.1, -0.05) is 11.6 Å². The molecule has 0 saturated carbocycles. The van der Waals surface area contributed by atoms with Gasteiger partial charge >= 0.3 is 0 Å². The lowest BCUT2D eigenvalue weighted by atomic mass is 10.2. The first-order chi connectivity index (χ1) is 9.08. The maximum atomic E-state index is 13.5. The number of nitrogens with one attached hydrogen (secondary N) is 1. The molecule has 0 aromatic carbocycles. The van der Waals surface area contributed by atoms with Gasteiger partial charge < -0.3 is 15.5 Å². The third-order valence-corrected chi connectivity index (χ3v) is 2.73. The van der Waals surface area contributed by atoms with Crippen molar-refractivity contribution in [3.8, 4) is 11.5 Å². The van der Waals surface area contributed by atoms with E-state index in [1.807, 2.05) is 0 Å². The highest BCUT2D eigenvalue weighted by molar-refractivity contribution is 6.29. The van der Waals surface area contributed by atoms with Gasteiger partial charge in [-0.25, -0.2) is 9.37 Å². The molecule has 7 heteroatoms. The van der Waals surface area contributed by atoms with Crippen LogP contribution in [0.4, 0.5) is 4.39 Å². The molecule has 0 aliphatic rings. The second-order valence-electron chi connectivity index (χ2n) is 3.84. The highest BCUT2D eigenvalue weighted by Gasteiger charge is 2.08. The van der Waals surface area contributed by atoms with Gasteiger partial charge in [0.2, 0.25) is 0 Å². The molecule has 2 rings (SSSR count). The van der Waals surface area contributed by atoms with E-state index in [2.05, 4.69) is 15.3 Å². The predicted octanol–water partition coefficient (Wildman–Crippen LogP) is 1.97. The van der Waals surface area contributed by atoms with Crippen molar-refractivity contribution in [2.45, 2.75) is 13.1 Å². The van der Waals surface area contributed by atoms with Crippen LogP contribution in [0.1, 0.15) is 11.3 Å². The number of aromatic hydroxyl groups is 2. The van der Waals surface area contributed by atoms with Crippen molar-refractivity contribution in [1.82, 2.24) is 15.3 Å². The molecule has 0 fully saturated rings. The van der Waals surface area contributed by atoms with Gasteiger partial charge in [0.05, 0.1) is 11.9 Å². The summed E-state index contributed by atoms with van der Waals surface area (Å²) in [4.78, 5) is 7.47. The molecule has 0 unspecified atom stereocenters. The lowest BCUT2D eigenvalue weighted by molar-refractivity contribution is 0.436. The highest BCUT2D eigenvalue weighted by Crippen LogP contribution is 2.20. The minimum Gasteiger partial charge on any atom is -0.506 e. The summed E-state index contributed by atoms with van der Waals surface area (Å²) >= 11 is 5.56. The molecule has 100 valence electrons. The molecule has 0 aliphatic carbocycles. The van der Waals surface area contributed by atoms with Crippen molar-refractivity contribution in [3.05, 3.63) is 46.8 Å². The first-order valence-corrected chi connectivity index (χ1v) is 5.82. The van der Waals surface area contributed by atoms with E-state index in [-0.39, 0.29) is 29.7 Å². The van der Waals surface area contributed by atoms with Crippen LogP contribution in [-0.2, 0) is 13.1 Å². The Labute approximate surface area is 113 Å². The van der Waals surface area contributed by atoms with Gasteiger partial charge in [-0.05, 0) is 6.07 Å². The van der Waals surface area contributed by atoms with Crippen LogP contribution in [0.25, 0.3) is 0 Å². The van der Waals surface area contributed by atoms with E-state index in [1.165, 1.54) is 24.5 Å². The minimum absolute atomic E-state index is 0.117. The predicted molar refractivity (Wildman–Crippen MR) is 67.3 cm³/mol. The van der Waals surface area contributed by atoms with Gasteiger partial charge in [-0.15, -0.1) is 0 Å². The Bertz CT molecular complexity index is 595. The Morgan fingerprint density at radius 3 is 2.79 bits per heavy atom. The third-order valence-electron chi connectivity index (χ3n) is 2.47. The molecule has 19 heavy (non-hydrogen) atoms. The Hall–Kier alpha value is -1.92. The van der Waals surface area contributed by atoms with Crippen LogP contribution in [-0.4, -0.2) is 20.2 Å². The molecule has 0 atom stereocenters. The van der Waals surface area contributed by atoms with E-state index in [1.54, 1.807) is 0 Å². The summed E-state index contributed by atoms with van der Waals surface area (Å²) in [7, 11) is 0. The van der Waals surface area contributed by atoms with E-state index in [4.69, 9.17) is 16.7 Å². The van der Waals surface area contributed by atoms with Crippen LogP contribution < -0.4 is 5.32 Å². The molecule has 0 spiro atoms. The topological polar surface area (TPSA) is 78.3 Å². The second kappa shape index (κ2) is 5.81. The van der Waals surface area contributed by atoms with Crippen LogP contribution in [0.2, 0.25) is 5.15 Å². The smallest absolute Gasteiger partial charge is 0.165 e. The number of pyridine rings is 2. The molecule has 2 heterocycles. The van der Waals surface area contributed by atoms with Crippen molar-refractivity contribution in [3.63, 3.8) is 0 Å². The number of rotatable bonds is 4. The average molecular weight is 284 g/mol. The molecule has 2 aromatic rings. The molecular formula is C12H11ClFN3O2. The van der Waals surface area contributed by atoms with Crippen molar-refractivity contribution < 1.29 is 14.6 Å². The summed E-state index contributed by atoms with van der Waals surface area (Å²) in [5.41, 5.74) is 0.733. The van der Waals surface area contributed by atoms with Crippen LogP contribution in [0.15, 0.2) is 24.5 Å². The van der Waals surface area contributed by atoms with Crippen molar-refractivity contribution >= 4 is 11.6 Å². The summed E-state index contributed by atoms with van der Waals surface area (Å²) in [5, 5.41) is 21.4. The SMILES string of the molecule is Oc1cnc(CNCc2ccnc(Cl)c2F)c(O)c1. The molecule has 0 saturated heterocycles. The number of hydrogen-bond acceptors (Lipinski definition) is 5. The first kappa shape index (κ1) is 13.5. The zero-order valence-corrected chi connectivity index (χ0v) is 10.5. The minimum atomic E-state index is -0.570. The number of hydrogen-bond donors (Lipinski definition) is 3. The molecule has 3 N–H and O–H groups in total. The summed E-state index contributed by atoms with van der Waals surface area (Å²) in [6.07, 6.45) is 2.64. The third kappa shape index (κ3) is 3.30. The number of halogens is 2. The van der Waals surface area contributed by atoms with Gasteiger partial charge in [0.15, 0.2) is 11.0 Å². The number of aromatic nitrogens is 2. The monoisotopic (exact) mass is 283 g/mol. The van der Waals surface area contributed by atoms with Crippen LogP contribution >= 0.6 is 11.6 Å². The van der Waals surface area contributed by atoms with Gasteiger partial charge in [0.1, 0.15) is 11.5 Å². The summed E-state index contributed by atoms with van der Waals surface area (Å²) in [6, 6.07) is 2.70. The maximum absolute atomic E-state index is 13.5. The zero-order valence-electron chi connectivity index (χ0n) is 9.77. The lowest BCUT2D eigenvalue weighted by Crippen LogP contribution is -2.15. The summed E-state index contributed by atoms with van der Waals surface area (Å²) < 4.78 is 13.5. The standard InChI is InChI=1S/C12H11ClFN3O2/c13-12-11(14)7(1-2-16-12)4-15-6-9-10(19)3-8(18)5-17-9/h1-3,5,15,18-19H,4,6H2. The summed E-state index contributed by atoms with van der Waals surface area (Å²) in [6.45, 7) is 0.446. The highest BCUT2D eigenvalue weighted by atomic mass is 35.5. The van der Waals surface area contributed by atoms with Gasteiger partial charge in [-0.2, -0.15) is 0 Å². The molecule has 2 aromatic heterocycles. The average Bonchev–Trinajstić information content (AvgIpc) is 2.37.